The average molecular weight is 267 g/mol. The number of carbonyl (C=O) groups is 1. The summed E-state index contributed by atoms with van der Waals surface area (Å²) < 4.78 is 0. The molecule has 0 aromatic heterocycles. The minimum Gasteiger partial charge on any atom is -0.338 e. The molecule has 1 saturated heterocycles. The van der Waals surface area contributed by atoms with Gasteiger partial charge in [0.05, 0.1) is 10.6 Å². The predicted octanol–water partition coefficient (Wildman–Crippen LogP) is 2.46. The van der Waals surface area contributed by atoms with Crippen molar-refractivity contribution in [3.05, 3.63) is 34.3 Å². The summed E-state index contributed by atoms with van der Waals surface area (Å²) in [6.07, 6.45) is 0.858. The molecule has 1 aliphatic rings. The number of nitrogens with two attached hydrogens (primary N) is 1. The molecule has 0 spiro atoms. The van der Waals surface area contributed by atoms with E-state index in [-0.39, 0.29) is 11.9 Å². The van der Waals surface area contributed by atoms with Crippen molar-refractivity contribution in [1.82, 2.24) is 4.90 Å². The number of nitrogens with zero attached hydrogens (tertiary/aromatic N) is 1. The van der Waals surface area contributed by atoms with Crippen LogP contribution in [0.25, 0.3) is 0 Å². The minimum atomic E-state index is 0.0127. The normalized spacial score (nSPS) is 24.1. The standard InChI is InChI=1S/C14H19ClN2O/c1-9-3-4-11(12(15)7-9)14(18)17-6-5-13(16)10(2)8-17/h3-4,7,10,13H,5-6,8,16H2,1-2H3. The second kappa shape index (κ2) is 5.29. The zero-order valence-electron chi connectivity index (χ0n) is 10.8. The van der Waals surface area contributed by atoms with Gasteiger partial charge in [-0.3, -0.25) is 4.79 Å². The molecule has 98 valence electrons. The van der Waals surface area contributed by atoms with Crippen LogP contribution in [0.1, 0.15) is 29.3 Å². The SMILES string of the molecule is Cc1ccc(C(=O)N2CCC(N)C(C)C2)c(Cl)c1. The van der Waals surface area contributed by atoms with Gasteiger partial charge in [-0.2, -0.15) is 0 Å². The third kappa shape index (κ3) is 2.68. The molecule has 1 aromatic carbocycles. The Balaban J connectivity index is 2.16. The Morgan fingerprint density at radius 3 is 2.83 bits per heavy atom. The van der Waals surface area contributed by atoms with Crippen LogP contribution >= 0.6 is 11.6 Å². The van der Waals surface area contributed by atoms with Gasteiger partial charge < -0.3 is 10.6 Å². The number of hydrogen-bond acceptors (Lipinski definition) is 2. The van der Waals surface area contributed by atoms with Gasteiger partial charge in [-0.1, -0.05) is 24.6 Å². The first-order chi connectivity index (χ1) is 8.49. The second-order valence-corrected chi connectivity index (χ2v) is 5.57. The van der Waals surface area contributed by atoms with Crippen LogP contribution in [0.2, 0.25) is 5.02 Å². The lowest BCUT2D eigenvalue weighted by molar-refractivity contribution is 0.0664. The van der Waals surface area contributed by atoms with Crippen LogP contribution in [0.4, 0.5) is 0 Å². The quantitative estimate of drug-likeness (QED) is 0.849. The zero-order chi connectivity index (χ0) is 13.3. The van der Waals surface area contributed by atoms with Crippen molar-refractivity contribution in [3.8, 4) is 0 Å². The van der Waals surface area contributed by atoms with Crippen LogP contribution in [0, 0.1) is 12.8 Å². The van der Waals surface area contributed by atoms with Crippen LogP contribution in [-0.4, -0.2) is 29.9 Å². The smallest absolute Gasteiger partial charge is 0.255 e. The summed E-state index contributed by atoms with van der Waals surface area (Å²) in [5.41, 5.74) is 7.61. The fourth-order valence-corrected chi connectivity index (χ4v) is 2.63. The predicted molar refractivity (Wildman–Crippen MR) is 73.8 cm³/mol. The van der Waals surface area contributed by atoms with E-state index >= 15 is 0 Å². The monoisotopic (exact) mass is 266 g/mol. The molecule has 4 heteroatoms. The molecule has 1 fully saturated rings. The highest BCUT2D eigenvalue weighted by atomic mass is 35.5. The molecule has 3 nitrogen and oxygen atoms in total. The Hall–Kier alpha value is -1.06. The summed E-state index contributed by atoms with van der Waals surface area (Å²) in [7, 11) is 0. The van der Waals surface area contributed by atoms with Gasteiger partial charge in [-0.05, 0) is 37.0 Å². The molecule has 18 heavy (non-hydrogen) atoms. The molecule has 0 bridgehead atoms. The van der Waals surface area contributed by atoms with E-state index in [2.05, 4.69) is 6.92 Å². The lowest BCUT2D eigenvalue weighted by Crippen LogP contribution is -2.48. The van der Waals surface area contributed by atoms with Crippen molar-refractivity contribution >= 4 is 17.5 Å². The molecular formula is C14H19ClN2O. The number of piperidine rings is 1. The van der Waals surface area contributed by atoms with Crippen molar-refractivity contribution in [2.24, 2.45) is 11.7 Å². The lowest BCUT2D eigenvalue weighted by atomic mass is 9.94. The first-order valence-electron chi connectivity index (χ1n) is 6.30. The topological polar surface area (TPSA) is 46.3 Å². The summed E-state index contributed by atoms with van der Waals surface area (Å²) in [6, 6.07) is 5.74. The molecule has 0 radical (unpaired) electrons. The van der Waals surface area contributed by atoms with Gasteiger partial charge in [0.25, 0.3) is 5.91 Å². The van der Waals surface area contributed by atoms with Gasteiger partial charge in [-0.15, -0.1) is 0 Å². The first-order valence-corrected chi connectivity index (χ1v) is 6.68. The van der Waals surface area contributed by atoms with E-state index in [0.717, 1.165) is 12.0 Å². The lowest BCUT2D eigenvalue weighted by Gasteiger charge is -2.35. The molecule has 2 unspecified atom stereocenters. The number of benzene rings is 1. The highest BCUT2D eigenvalue weighted by molar-refractivity contribution is 6.33. The van der Waals surface area contributed by atoms with Gasteiger partial charge in [0.2, 0.25) is 0 Å². The molecule has 1 aromatic rings. The van der Waals surface area contributed by atoms with E-state index in [1.165, 1.54) is 0 Å². The fourth-order valence-electron chi connectivity index (χ4n) is 2.31. The Bertz CT molecular complexity index is 461. The largest absolute Gasteiger partial charge is 0.338 e. The number of amides is 1. The molecule has 2 N–H and O–H groups in total. The Labute approximate surface area is 113 Å². The second-order valence-electron chi connectivity index (χ2n) is 5.16. The molecule has 1 heterocycles. The molecule has 0 saturated carbocycles. The summed E-state index contributed by atoms with van der Waals surface area (Å²) in [4.78, 5) is 14.2. The van der Waals surface area contributed by atoms with Crippen LogP contribution in [-0.2, 0) is 0 Å². The zero-order valence-corrected chi connectivity index (χ0v) is 11.6. The average Bonchev–Trinajstić information content (AvgIpc) is 2.32. The van der Waals surface area contributed by atoms with Gasteiger partial charge >= 0.3 is 0 Å². The van der Waals surface area contributed by atoms with E-state index in [1.807, 2.05) is 24.0 Å². The molecule has 1 amide bonds. The molecule has 0 aliphatic carbocycles. The maximum absolute atomic E-state index is 12.4. The van der Waals surface area contributed by atoms with Gasteiger partial charge in [0.1, 0.15) is 0 Å². The third-order valence-corrected chi connectivity index (χ3v) is 3.93. The maximum atomic E-state index is 12.4. The van der Waals surface area contributed by atoms with Gasteiger partial charge in [0, 0.05) is 19.1 Å². The van der Waals surface area contributed by atoms with Crippen LogP contribution in [0.3, 0.4) is 0 Å². The van der Waals surface area contributed by atoms with Crippen LogP contribution in [0.15, 0.2) is 18.2 Å². The Morgan fingerprint density at radius 2 is 2.22 bits per heavy atom. The maximum Gasteiger partial charge on any atom is 0.255 e. The number of carbonyl (C=O) groups excluding carboxylic acids is 1. The van der Waals surface area contributed by atoms with Crippen molar-refractivity contribution in [3.63, 3.8) is 0 Å². The first kappa shape index (κ1) is 13.4. The van der Waals surface area contributed by atoms with E-state index in [1.54, 1.807) is 6.07 Å². The number of rotatable bonds is 1. The van der Waals surface area contributed by atoms with Crippen molar-refractivity contribution < 1.29 is 4.79 Å². The summed E-state index contributed by atoms with van der Waals surface area (Å²) in [5, 5.41) is 0.530. The number of hydrogen-bond donors (Lipinski definition) is 1. The van der Waals surface area contributed by atoms with E-state index < -0.39 is 0 Å². The minimum absolute atomic E-state index is 0.0127. The van der Waals surface area contributed by atoms with Crippen molar-refractivity contribution in [2.75, 3.05) is 13.1 Å². The molecule has 2 rings (SSSR count). The number of likely N-dealkylation sites (tertiary alicyclic amines) is 1. The van der Waals surface area contributed by atoms with Crippen molar-refractivity contribution in [2.45, 2.75) is 26.3 Å². The van der Waals surface area contributed by atoms with Crippen molar-refractivity contribution in [1.29, 1.82) is 0 Å². The molecular weight excluding hydrogens is 248 g/mol. The summed E-state index contributed by atoms with van der Waals surface area (Å²) in [5.74, 6) is 0.352. The fraction of sp³-hybridized carbons (Fsp3) is 0.500. The highest BCUT2D eigenvalue weighted by Gasteiger charge is 2.27. The van der Waals surface area contributed by atoms with E-state index in [0.29, 0.717) is 29.6 Å². The number of aryl methyl sites for hydroxylation is 1. The van der Waals surface area contributed by atoms with Crippen LogP contribution in [0.5, 0.6) is 0 Å². The van der Waals surface area contributed by atoms with E-state index in [9.17, 15) is 4.79 Å². The third-order valence-electron chi connectivity index (χ3n) is 3.61. The Kier molecular flexibility index (Phi) is 3.93. The van der Waals surface area contributed by atoms with Gasteiger partial charge in [0.15, 0.2) is 0 Å². The van der Waals surface area contributed by atoms with E-state index in [4.69, 9.17) is 17.3 Å². The molecule has 1 aliphatic heterocycles. The molecule has 2 atom stereocenters. The summed E-state index contributed by atoms with van der Waals surface area (Å²) in [6.45, 7) is 5.47. The Morgan fingerprint density at radius 1 is 1.50 bits per heavy atom. The highest BCUT2D eigenvalue weighted by Crippen LogP contribution is 2.22. The van der Waals surface area contributed by atoms with Crippen LogP contribution < -0.4 is 5.73 Å². The number of halogens is 1. The summed E-state index contributed by atoms with van der Waals surface area (Å²) >= 11 is 6.14. The van der Waals surface area contributed by atoms with Gasteiger partial charge in [-0.25, -0.2) is 0 Å².